The van der Waals surface area contributed by atoms with Crippen molar-refractivity contribution in [1.29, 1.82) is 0 Å². The van der Waals surface area contributed by atoms with E-state index in [1.807, 2.05) is 19.9 Å². The first-order valence-electron chi connectivity index (χ1n) is 14.0. The number of carboxylic acids is 1. The van der Waals surface area contributed by atoms with Gasteiger partial charge in [-0.05, 0) is 19.9 Å². The van der Waals surface area contributed by atoms with Crippen molar-refractivity contribution >= 4 is 29.3 Å². The van der Waals surface area contributed by atoms with Crippen molar-refractivity contribution in [3.63, 3.8) is 0 Å². The molecule has 13 nitrogen and oxygen atoms in total. The summed E-state index contributed by atoms with van der Waals surface area (Å²) in [5, 5.41) is 28.4. The summed E-state index contributed by atoms with van der Waals surface area (Å²) < 4.78 is 32.2. The molecule has 0 saturated carbocycles. The van der Waals surface area contributed by atoms with Gasteiger partial charge in [-0.25, -0.2) is 0 Å². The van der Waals surface area contributed by atoms with Gasteiger partial charge >= 0.3 is 5.97 Å². The van der Waals surface area contributed by atoms with Crippen molar-refractivity contribution in [3.8, 4) is 0 Å². The van der Waals surface area contributed by atoms with Crippen LogP contribution in [0.2, 0.25) is 0 Å². The van der Waals surface area contributed by atoms with Crippen LogP contribution in [0.25, 0.3) is 0 Å². The second-order valence-electron chi connectivity index (χ2n) is 9.10. The molecule has 2 rings (SSSR count). The lowest BCUT2D eigenvalue weighted by molar-refractivity contribution is -0.138. The Bertz CT molecular complexity index is 938. The minimum absolute atomic E-state index is 0.0127. The smallest absolute Gasteiger partial charge is 0.305 e. The van der Waals surface area contributed by atoms with Crippen molar-refractivity contribution in [3.05, 3.63) is 40.4 Å². The summed E-state index contributed by atoms with van der Waals surface area (Å²) in [6.07, 6.45) is -0.790. The number of para-hydroxylation sites is 1. The van der Waals surface area contributed by atoms with E-state index in [0.717, 1.165) is 10.6 Å². The predicted molar refractivity (Wildman–Crippen MR) is 158 cm³/mol. The number of carbonyl (C=O) groups excluding carboxylic acids is 1. The molecule has 238 valence electrons. The Labute approximate surface area is 251 Å². The highest BCUT2D eigenvalue weighted by Gasteiger charge is 2.23. The highest BCUT2D eigenvalue weighted by Crippen LogP contribution is 2.30. The number of carbonyl (C=O) groups is 2. The molecule has 2 atom stereocenters. The molecule has 14 heteroatoms. The van der Waals surface area contributed by atoms with Crippen LogP contribution in [0, 0.1) is 0 Å². The lowest BCUT2D eigenvalue weighted by Gasteiger charge is -2.21. The van der Waals surface area contributed by atoms with Gasteiger partial charge in [-0.15, -0.1) is 0 Å². The van der Waals surface area contributed by atoms with E-state index in [-0.39, 0.29) is 37.5 Å². The largest absolute Gasteiger partial charge is 0.481 e. The number of anilines is 1. The number of ether oxygens (including phenoxy) is 6. The molecule has 1 amide bonds. The van der Waals surface area contributed by atoms with Gasteiger partial charge in [0.1, 0.15) is 11.7 Å². The number of aliphatic carboxylic acids is 1. The van der Waals surface area contributed by atoms with Crippen LogP contribution in [0.15, 0.2) is 34.9 Å². The number of hydrogen-bond donors (Lipinski definition) is 5. The maximum absolute atomic E-state index is 12.4. The van der Waals surface area contributed by atoms with Crippen LogP contribution in [0.5, 0.6) is 0 Å². The van der Waals surface area contributed by atoms with Gasteiger partial charge in [-0.2, -0.15) is 0 Å². The fourth-order valence-corrected chi connectivity index (χ4v) is 4.51. The zero-order chi connectivity index (χ0) is 30.4. The lowest BCUT2D eigenvalue weighted by atomic mass is 10.1. The summed E-state index contributed by atoms with van der Waals surface area (Å²) in [5.74, 6) is -1.09. The minimum atomic E-state index is -0.953. The normalized spacial score (nSPS) is 15.5. The van der Waals surface area contributed by atoms with Gasteiger partial charge in [0.2, 0.25) is 5.91 Å². The number of allylic oxidation sites excluding steroid dienone is 2. The molecule has 1 aliphatic heterocycles. The summed E-state index contributed by atoms with van der Waals surface area (Å²) in [6, 6.07) is 7.15. The van der Waals surface area contributed by atoms with Gasteiger partial charge < -0.3 is 49.3 Å². The SMILES string of the molecule is CC1=C(C)SC(NC(O)c2ccccc2NC(=O)CCOCCOCCOCCOCCOCCOCCC(=O)O)N1. The number of thioether (sulfide) groups is 1. The average molecular weight is 616 g/mol. The van der Waals surface area contributed by atoms with Crippen molar-refractivity contribution in [2.24, 2.45) is 0 Å². The molecule has 0 saturated heterocycles. The molecule has 1 aliphatic rings. The van der Waals surface area contributed by atoms with Gasteiger partial charge in [-0.1, -0.05) is 30.0 Å². The number of benzene rings is 1. The summed E-state index contributed by atoms with van der Waals surface area (Å²) >= 11 is 1.60. The number of rotatable bonds is 25. The molecule has 5 N–H and O–H groups in total. The first-order valence-corrected chi connectivity index (χ1v) is 14.9. The molecule has 0 spiro atoms. The lowest BCUT2D eigenvalue weighted by Crippen LogP contribution is -2.38. The summed E-state index contributed by atoms with van der Waals surface area (Å²) in [6.45, 7) is 8.53. The van der Waals surface area contributed by atoms with Crippen LogP contribution >= 0.6 is 11.8 Å². The van der Waals surface area contributed by atoms with E-state index in [1.165, 1.54) is 0 Å². The van der Waals surface area contributed by atoms with Crippen molar-refractivity contribution < 1.29 is 48.2 Å². The van der Waals surface area contributed by atoms with Crippen molar-refractivity contribution in [1.82, 2.24) is 10.6 Å². The number of aliphatic hydroxyl groups excluding tert-OH is 1. The van der Waals surface area contributed by atoms with Gasteiger partial charge in [0.25, 0.3) is 0 Å². The predicted octanol–water partition coefficient (Wildman–Crippen LogP) is 2.04. The summed E-state index contributed by atoms with van der Waals surface area (Å²) in [5.41, 5.74) is 2.06. The fourth-order valence-electron chi connectivity index (χ4n) is 3.49. The Kier molecular flexibility index (Phi) is 19.1. The highest BCUT2D eigenvalue weighted by molar-refractivity contribution is 8.03. The fraction of sp³-hybridized carbons (Fsp3) is 0.643. The molecular formula is C28H45N3O10S. The monoisotopic (exact) mass is 615 g/mol. The van der Waals surface area contributed by atoms with Crippen LogP contribution < -0.4 is 16.0 Å². The van der Waals surface area contributed by atoms with Gasteiger partial charge in [-0.3, -0.25) is 14.9 Å². The molecular weight excluding hydrogens is 570 g/mol. The second-order valence-corrected chi connectivity index (χ2v) is 10.4. The van der Waals surface area contributed by atoms with E-state index in [0.29, 0.717) is 77.3 Å². The Balaban J connectivity index is 1.39. The van der Waals surface area contributed by atoms with Crippen LogP contribution in [0.3, 0.4) is 0 Å². The van der Waals surface area contributed by atoms with E-state index in [1.54, 1.807) is 30.0 Å². The second kappa shape index (κ2) is 22.3. The molecule has 0 fully saturated rings. The summed E-state index contributed by atoms with van der Waals surface area (Å²) in [4.78, 5) is 23.9. The quantitative estimate of drug-likeness (QED) is 0.0802. The van der Waals surface area contributed by atoms with Crippen molar-refractivity contribution in [2.45, 2.75) is 38.4 Å². The standard InChI is InChI=1S/C28H45N3O10S/c1-21-22(2)42-28(29-21)31-27(35)23-5-3-4-6-24(23)30-25(32)7-9-36-11-13-38-15-17-40-19-20-41-18-16-39-14-12-37-10-8-26(33)34/h3-6,27-29,31,35H,7-20H2,1-2H3,(H,30,32)(H,33,34). The molecule has 1 aromatic rings. The molecule has 0 aliphatic carbocycles. The topological polar surface area (TPSA) is 166 Å². The third-order valence-corrected chi connectivity index (χ3v) is 6.95. The maximum atomic E-state index is 12.4. The maximum Gasteiger partial charge on any atom is 0.305 e. The zero-order valence-corrected chi connectivity index (χ0v) is 25.2. The molecule has 1 aromatic carbocycles. The molecule has 1 heterocycles. The Morgan fingerprint density at radius 3 is 1.76 bits per heavy atom. The molecule has 0 radical (unpaired) electrons. The van der Waals surface area contributed by atoms with E-state index < -0.39 is 12.2 Å². The number of nitrogens with one attached hydrogen (secondary N) is 3. The molecule has 0 bridgehead atoms. The number of hydrogen-bond acceptors (Lipinski definition) is 12. The highest BCUT2D eigenvalue weighted by atomic mass is 32.2. The number of carboxylic acid groups (broad SMARTS) is 1. The van der Waals surface area contributed by atoms with Gasteiger partial charge in [0.15, 0.2) is 0 Å². The van der Waals surface area contributed by atoms with Crippen LogP contribution in [0.1, 0.15) is 38.5 Å². The zero-order valence-electron chi connectivity index (χ0n) is 24.4. The Hall–Kier alpha value is -2.27. The van der Waals surface area contributed by atoms with E-state index >= 15 is 0 Å². The molecule has 2 unspecified atom stereocenters. The number of amides is 1. The van der Waals surface area contributed by atoms with E-state index in [9.17, 15) is 14.7 Å². The molecule has 0 aromatic heterocycles. The van der Waals surface area contributed by atoms with Crippen LogP contribution in [-0.4, -0.2) is 107 Å². The van der Waals surface area contributed by atoms with Gasteiger partial charge in [0.05, 0.1) is 92.1 Å². The first kappa shape index (κ1) is 35.9. The van der Waals surface area contributed by atoms with Crippen molar-refractivity contribution in [2.75, 3.05) is 84.6 Å². The Morgan fingerprint density at radius 1 is 0.810 bits per heavy atom. The van der Waals surface area contributed by atoms with Crippen LogP contribution in [-0.2, 0) is 38.0 Å². The minimum Gasteiger partial charge on any atom is -0.481 e. The summed E-state index contributed by atoms with van der Waals surface area (Å²) in [7, 11) is 0. The Morgan fingerprint density at radius 2 is 1.29 bits per heavy atom. The third kappa shape index (κ3) is 16.4. The number of aliphatic hydroxyl groups is 1. The van der Waals surface area contributed by atoms with Crippen LogP contribution in [0.4, 0.5) is 5.69 Å². The first-order chi connectivity index (χ1) is 20.4. The van der Waals surface area contributed by atoms with E-state index in [4.69, 9.17) is 33.5 Å². The van der Waals surface area contributed by atoms with E-state index in [2.05, 4.69) is 16.0 Å². The average Bonchev–Trinajstić information content (AvgIpc) is 3.27. The third-order valence-electron chi connectivity index (χ3n) is 5.80. The van der Waals surface area contributed by atoms with Gasteiger partial charge in [0, 0.05) is 21.9 Å². The molecule has 42 heavy (non-hydrogen) atoms.